The van der Waals surface area contributed by atoms with E-state index in [1.54, 1.807) is 44.7 Å². The van der Waals surface area contributed by atoms with Gasteiger partial charge in [-0.3, -0.25) is 14.8 Å². The number of hydrogen-bond acceptors (Lipinski definition) is 6. The molecule has 0 saturated carbocycles. The topological polar surface area (TPSA) is 73.3 Å². The monoisotopic (exact) mass is 407 g/mol. The molecule has 7 heteroatoms. The van der Waals surface area contributed by atoms with Gasteiger partial charge >= 0.3 is 0 Å². The molecule has 4 rings (SSSR count). The molecule has 0 unspecified atom stereocenters. The number of anilines is 1. The van der Waals surface area contributed by atoms with Crippen LogP contribution in [0.3, 0.4) is 0 Å². The Morgan fingerprint density at radius 3 is 2.38 bits per heavy atom. The quantitative estimate of drug-likeness (QED) is 0.527. The van der Waals surface area contributed by atoms with E-state index in [-0.39, 0.29) is 5.43 Å². The Labute approximate surface area is 172 Å². The summed E-state index contributed by atoms with van der Waals surface area (Å²) in [6.45, 7) is 0.502. The largest absolute Gasteiger partial charge is 0.497 e. The predicted molar refractivity (Wildman–Crippen MR) is 115 cm³/mol. The summed E-state index contributed by atoms with van der Waals surface area (Å²) >= 11 is 6.03. The average Bonchev–Trinajstić information content (AvgIpc) is 2.88. The SMILES string of the molecule is COc1ccc(CNc2cnc3ccc4ncc(Cl)cc4c(=O)c3c2)c(OC)c1. The summed E-state index contributed by atoms with van der Waals surface area (Å²) in [6.07, 6.45) is 3.22. The van der Waals surface area contributed by atoms with Gasteiger partial charge in [-0.15, -0.1) is 0 Å². The molecule has 0 bridgehead atoms. The molecule has 0 aliphatic heterocycles. The van der Waals surface area contributed by atoms with Crippen molar-refractivity contribution in [1.82, 2.24) is 9.97 Å². The van der Waals surface area contributed by atoms with Crippen LogP contribution in [0, 0.1) is 0 Å². The van der Waals surface area contributed by atoms with Gasteiger partial charge < -0.3 is 14.8 Å². The number of rotatable bonds is 5. The number of benzene rings is 1. The van der Waals surface area contributed by atoms with Gasteiger partial charge in [0.05, 0.1) is 47.5 Å². The maximum Gasteiger partial charge on any atom is 0.197 e. The van der Waals surface area contributed by atoms with E-state index in [9.17, 15) is 4.79 Å². The number of halogens is 1. The highest BCUT2D eigenvalue weighted by atomic mass is 35.5. The van der Waals surface area contributed by atoms with E-state index in [1.165, 1.54) is 6.20 Å². The summed E-state index contributed by atoms with van der Waals surface area (Å²) in [7, 11) is 3.23. The van der Waals surface area contributed by atoms with Gasteiger partial charge in [-0.2, -0.15) is 0 Å². The molecule has 0 aliphatic rings. The molecule has 4 aromatic rings. The maximum atomic E-state index is 13.0. The van der Waals surface area contributed by atoms with E-state index < -0.39 is 0 Å². The molecular formula is C22H18ClN3O3. The first kappa shape index (κ1) is 19.0. The minimum atomic E-state index is -0.159. The molecule has 0 spiro atoms. The van der Waals surface area contributed by atoms with Crippen molar-refractivity contribution in [2.75, 3.05) is 19.5 Å². The molecule has 29 heavy (non-hydrogen) atoms. The fourth-order valence-corrected chi connectivity index (χ4v) is 3.31. The normalized spacial score (nSPS) is 10.9. The molecule has 0 aliphatic carbocycles. The molecule has 146 valence electrons. The van der Waals surface area contributed by atoms with Crippen molar-refractivity contribution < 1.29 is 9.47 Å². The molecule has 6 nitrogen and oxygen atoms in total. The van der Waals surface area contributed by atoms with Crippen LogP contribution in [0.25, 0.3) is 21.8 Å². The van der Waals surface area contributed by atoms with Crippen molar-refractivity contribution >= 4 is 39.1 Å². The average molecular weight is 408 g/mol. The zero-order valence-electron chi connectivity index (χ0n) is 15.9. The molecule has 2 heterocycles. The first-order chi connectivity index (χ1) is 14.1. The van der Waals surface area contributed by atoms with Gasteiger partial charge in [-0.05, 0) is 36.4 Å². The van der Waals surface area contributed by atoms with E-state index in [0.717, 1.165) is 17.0 Å². The van der Waals surface area contributed by atoms with Crippen molar-refractivity contribution in [1.29, 1.82) is 0 Å². The number of nitrogens with zero attached hydrogens (tertiary/aromatic N) is 2. The summed E-state index contributed by atoms with van der Waals surface area (Å²) < 4.78 is 10.7. The van der Waals surface area contributed by atoms with Gasteiger partial charge in [0.1, 0.15) is 11.5 Å². The second-order valence-corrected chi connectivity index (χ2v) is 6.87. The molecule has 0 saturated heterocycles. The van der Waals surface area contributed by atoms with E-state index >= 15 is 0 Å². The van der Waals surface area contributed by atoms with Crippen LogP contribution in [0.1, 0.15) is 5.56 Å². The van der Waals surface area contributed by atoms with Gasteiger partial charge in [0.15, 0.2) is 5.43 Å². The third kappa shape index (κ3) is 3.79. The van der Waals surface area contributed by atoms with Gasteiger partial charge in [-0.1, -0.05) is 11.6 Å². The Bertz CT molecular complexity index is 1280. The van der Waals surface area contributed by atoms with Crippen LogP contribution in [-0.2, 0) is 6.54 Å². The lowest BCUT2D eigenvalue weighted by molar-refractivity contribution is 0.391. The van der Waals surface area contributed by atoms with E-state index in [2.05, 4.69) is 15.3 Å². The van der Waals surface area contributed by atoms with Crippen molar-refractivity contribution in [3.05, 3.63) is 75.7 Å². The van der Waals surface area contributed by atoms with E-state index in [0.29, 0.717) is 39.1 Å². The lowest BCUT2D eigenvalue weighted by atomic mass is 10.1. The van der Waals surface area contributed by atoms with Gasteiger partial charge in [0.25, 0.3) is 0 Å². The van der Waals surface area contributed by atoms with Crippen molar-refractivity contribution in [2.45, 2.75) is 6.54 Å². The van der Waals surface area contributed by atoms with E-state index in [1.807, 2.05) is 18.2 Å². The fraction of sp³-hybridized carbons (Fsp3) is 0.136. The Kier molecular flexibility index (Phi) is 5.18. The van der Waals surface area contributed by atoms with Crippen LogP contribution >= 0.6 is 11.6 Å². The second-order valence-electron chi connectivity index (χ2n) is 6.44. The van der Waals surface area contributed by atoms with Crippen LogP contribution in [0.15, 0.2) is 59.7 Å². The highest BCUT2D eigenvalue weighted by Crippen LogP contribution is 2.26. The minimum absolute atomic E-state index is 0.159. The standard InChI is InChI=1S/C22H18ClN3O3/c1-28-16-4-3-13(21(9-16)29-2)10-24-15-8-18-20(26-12-15)6-5-19-17(22(18)27)7-14(23)11-25-19/h3-9,11-12,24H,10H2,1-2H3. The van der Waals surface area contributed by atoms with Crippen LogP contribution in [0.2, 0.25) is 5.02 Å². The Morgan fingerprint density at radius 2 is 1.66 bits per heavy atom. The van der Waals surface area contributed by atoms with E-state index in [4.69, 9.17) is 21.1 Å². The summed E-state index contributed by atoms with van der Waals surface area (Å²) in [5.41, 5.74) is 2.69. The molecule has 0 radical (unpaired) electrons. The summed E-state index contributed by atoms with van der Waals surface area (Å²) in [5, 5.41) is 4.67. The molecule has 1 N–H and O–H groups in total. The number of methoxy groups -OCH3 is 2. The number of pyridine rings is 2. The fourth-order valence-electron chi connectivity index (χ4n) is 3.15. The molecule has 0 fully saturated rings. The highest BCUT2D eigenvalue weighted by molar-refractivity contribution is 6.31. The molecule has 0 amide bonds. The minimum Gasteiger partial charge on any atom is -0.497 e. The summed E-state index contributed by atoms with van der Waals surface area (Å²) in [6, 6.07) is 12.6. The Balaban J connectivity index is 1.71. The Hall–Kier alpha value is -3.38. The highest BCUT2D eigenvalue weighted by Gasteiger charge is 2.08. The summed E-state index contributed by atoms with van der Waals surface area (Å²) in [4.78, 5) is 21.7. The maximum absolute atomic E-state index is 13.0. The number of hydrogen-bond donors (Lipinski definition) is 1. The molecule has 2 aromatic heterocycles. The predicted octanol–water partition coefficient (Wildman–Crippen LogP) is 4.43. The lowest BCUT2D eigenvalue weighted by Crippen LogP contribution is -2.04. The van der Waals surface area contributed by atoms with Crippen LogP contribution in [0.4, 0.5) is 5.69 Å². The van der Waals surface area contributed by atoms with Crippen molar-refractivity contribution in [3.8, 4) is 11.5 Å². The van der Waals surface area contributed by atoms with Crippen molar-refractivity contribution in [3.63, 3.8) is 0 Å². The third-order valence-corrected chi connectivity index (χ3v) is 4.88. The first-order valence-corrected chi connectivity index (χ1v) is 9.30. The van der Waals surface area contributed by atoms with Gasteiger partial charge in [0.2, 0.25) is 0 Å². The molecule has 0 atom stereocenters. The number of nitrogens with one attached hydrogen (secondary N) is 1. The number of fused-ring (bicyclic) bond motifs is 2. The van der Waals surface area contributed by atoms with Gasteiger partial charge in [0, 0.05) is 29.8 Å². The second kappa shape index (κ2) is 7.93. The van der Waals surface area contributed by atoms with Crippen LogP contribution in [-0.4, -0.2) is 24.2 Å². The van der Waals surface area contributed by atoms with Crippen molar-refractivity contribution in [2.24, 2.45) is 0 Å². The van der Waals surface area contributed by atoms with Crippen LogP contribution in [0.5, 0.6) is 11.5 Å². The first-order valence-electron chi connectivity index (χ1n) is 8.92. The number of aromatic nitrogens is 2. The molecular weight excluding hydrogens is 390 g/mol. The third-order valence-electron chi connectivity index (χ3n) is 4.67. The smallest absolute Gasteiger partial charge is 0.197 e. The number of ether oxygens (including phenoxy) is 2. The zero-order valence-corrected chi connectivity index (χ0v) is 16.7. The lowest BCUT2D eigenvalue weighted by Gasteiger charge is -2.12. The molecule has 2 aromatic carbocycles. The summed E-state index contributed by atoms with van der Waals surface area (Å²) in [5.74, 6) is 1.44. The Morgan fingerprint density at radius 1 is 0.931 bits per heavy atom. The van der Waals surface area contributed by atoms with Crippen LogP contribution < -0.4 is 20.2 Å². The van der Waals surface area contributed by atoms with Gasteiger partial charge in [-0.25, -0.2) is 0 Å². The zero-order chi connectivity index (χ0) is 20.4.